The molecular weight excluding hydrogens is 355 g/mol. The van der Waals surface area contributed by atoms with Gasteiger partial charge in [-0.15, -0.1) is 0 Å². The lowest BCUT2D eigenvalue weighted by molar-refractivity contribution is 0.460. The topological polar surface area (TPSA) is 58.5 Å². The molecule has 6 heteroatoms. The second kappa shape index (κ2) is 10.1. The number of hydrogen-bond donors (Lipinski definition) is 2. The largest absolute Gasteiger partial charge is 0.439 e. The Morgan fingerprint density at radius 2 is 1.79 bits per heavy atom. The predicted octanol–water partition coefficient (Wildman–Crippen LogP) is 3.92. The lowest BCUT2D eigenvalue weighted by Crippen LogP contribution is -2.37. The second-order valence-corrected chi connectivity index (χ2v) is 6.15. The minimum atomic E-state index is -0.301. The highest BCUT2D eigenvalue weighted by Crippen LogP contribution is 2.20. The van der Waals surface area contributed by atoms with Crippen molar-refractivity contribution in [2.45, 2.75) is 13.0 Å². The quantitative estimate of drug-likeness (QED) is 0.483. The van der Waals surface area contributed by atoms with Crippen molar-refractivity contribution < 1.29 is 9.13 Å². The molecule has 5 nitrogen and oxygen atoms in total. The van der Waals surface area contributed by atoms with Crippen LogP contribution in [0.4, 0.5) is 4.39 Å². The van der Waals surface area contributed by atoms with Gasteiger partial charge in [-0.25, -0.2) is 9.37 Å². The second-order valence-electron chi connectivity index (χ2n) is 6.15. The Morgan fingerprint density at radius 1 is 1.00 bits per heavy atom. The Bertz CT molecular complexity index is 898. The molecule has 0 saturated heterocycles. The third-order valence-electron chi connectivity index (χ3n) is 4.07. The molecule has 144 valence electrons. The smallest absolute Gasteiger partial charge is 0.219 e. The first-order valence-electron chi connectivity index (χ1n) is 9.10. The fourth-order valence-corrected chi connectivity index (χ4v) is 2.62. The van der Waals surface area contributed by atoms with Gasteiger partial charge in [0.05, 0.1) is 0 Å². The number of ether oxygens (including phenoxy) is 1. The molecule has 1 aromatic heterocycles. The summed E-state index contributed by atoms with van der Waals surface area (Å²) in [4.78, 5) is 8.44. The number of aromatic nitrogens is 1. The minimum Gasteiger partial charge on any atom is -0.439 e. The molecular formula is C22H23FN4O. The molecule has 0 aliphatic carbocycles. The molecule has 0 atom stereocenters. The van der Waals surface area contributed by atoms with E-state index in [4.69, 9.17) is 4.74 Å². The molecule has 0 spiro atoms. The molecule has 1 heterocycles. The summed E-state index contributed by atoms with van der Waals surface area (Å²) in [6.07, 6.45) is 2.61. The monoisotopic (exact) mass is 378 g/mol. The third kappa shape index (κ3) is 6.09. The fourth-order valence-electron chi connectivity index (χ4n) is 2.62. The van der Waals surface area contributed by atoms with Crippen molar-refractivity contribution in [1.29, 1.82) is 0 Å². The SMILES string of the molecule is CN=C(NCCc1ccccc1)NCc1ccnc(Oc2ccc(F)cc2)c1. The van der Waals surface area contributed by atoms with Crippen LogP contribution in [0.2, 0.25) is 0 Å². The molecule has 0 radical (unpaired) electrons. The van der Waals surface area contributed by atoms with Gasteiger partial charge in [-0.1, -0.05) is 30.3 Å². The summed E-state index contributed by atoms with van der Waals surface area (Å²) in [6.45, 7) is 1.37. The van der Waals surface area contributed by atoms with Crippen molar-refractivity contribution in [3.8, 4) is 11.6 Å². The van der Waals surface area contributed by atoms with Gasteiger partial charge >= 0.3 is 0 Å². The Kier molecular flexibility index (Phi) is 6.95. The summed E-state index contributed by atoms with van der Waals surface area (Å²) in [7, 11) is 1.74. The summed E-state index contributed by atoms with van der Waals surface area (Å²) in [5, 5.41) is 6.58. The number of nitrogens with one attached hydrogen (secondary N) is 2. The fraction of sp³-hybridized carbons (Fsp3) is 0.182. The number of nitrogens with zero attached hydrogens (tertiary/aromatic N) is 2. The lowest BCUT2D eigenvalue weighted by atomic mass is 10.1. The van der Waals surface area contributed by atoms with Crippen LogP contribution in [0.25, 0.3) is 0 Å². The van der Waals surface area contributed by atoms with Gasteiger partial charge in [-0.05, 0) is 47.9 Å². The van der Waals surface area contributed by atoms with Gasteiger partial charge in [0.2, 0.25) is 5.88 Å². The maximum absolute atomic E-state index is 13.0. The average Bonchev–Trinajstić information content (AvgIpc) is 2.73. The van der Waals surface area contributed by atoms with Gasteiger partial charge in [0, 0.05) is 32.4 Å². The summed E-state index contributed by atoms with van der Waals surface area (Å²) in [6, 6.07) is 19.9. The number of benzene rings is 2. The van der Waals surface area contributed by atoms with Crippen LogP contribution in [0.15, 0.2) is 77.9 Å². The zero-order valence-corrected chi connectivity index (χ0v) is 15.7. The highest BCUT2D eigenvalue weighted by molar-refractivity contribution is 5.79. The molecule has 0 aliphatic rings. The predicted molar refractivity (Wildman–Crippen MR) is 109 cm³/mol. The first-order valence-corrected chi connectivity index (χ1v) is 9.10. The molecule has 3 aromatic rings. The van der Waals surface area contributed by atoms with E-state index in [2.05, 4.69) is 32.7 Å². The van der Waals surface area contributed by atoms with Crippen molar-refractivity contribution in [3.05, 3.63) is 89.9 Å². The highest BCUT2D eigenvalue weighted by atomic mass is 19.1. The number of guanidine groups is 1. The Morgan fingerprint density at radius 3 is 2.54 bits per heavy atom. The number of halogens is 1. The van der Waals surface area contributed by atoms with E-state index < -0.39 is 0 Å². The van der Waals surface area contributed by atoms with Crippen LogP contribution < -0.4 is 15.4 Å². The van der Waals surface area contributed by atoms with Gasteiger partial charge in [0.15, 0.2) is 5.96 Å². The summed E-state index contributed by atoms with van der Waals surface area (Å²) < 4.78 is 18.7. The van der Waals surface area contributed by atoms with Crippen LogP contribution in [0.1, 0.15) is 11.1 Å². The van der Waals surface area contributed by atoms with E-state index in [0.717, 1.165) is 24.5 Å². The summed E-state index contributed by atoms with van der Waals surface area (Å²) >= 11 is 0. The first-order chi connectivity index (χ1) is 13.7. The van der Waals surface area contributed by atoms with E-state index in [-0.39, 0.29) is 5.82 Å². The summed E-state index contributed by atoms with van der Waals surface area (Å²) in [5.41, 5.74) is 2.28. The average molecular weight is 378 g/mol. The molecule has 0 aliphatic heterocycles. The van der Waals surface area contributed by atoms with Crippen LogP contribution in [-0.4, -0.2) is 24.5 Å². The van der Waals surface area contributed by atoms with E-state index in [0.29, 0.717) is 18.2 Å². The molecule has 0 saturated carbocycles. The van der Waals surface area contributed by atoms with Gasteiger partial charge < -0.3 is 15.4 Å². The minimum absolute atomic E-state index is 0.301. The normalized spacial score (nSPS) is 11.1. The number of pyridine rings is 1. The zero-order valence-electron chi connectivity index (χ0n) is 15.7. The number of rotatable bonds is 7. The molecule has 0 amide bonds. The van der Waals surface area contributed by atoms with E-state index >= 15 is 0 Å². The van der Waals surface area contributed by atoms with Crippen molar-refractivity contribution in [1.82, 2.24) is 15.6 Å². The number of aliphatic imine (C=N–C) groups is 1. The van der Waals surface area contributed by atoms with Crippen molar-refractivity contribution in [2.24, 2.45) is 4.99 Å². The van der Waals surface area contributed by atoms with Crippen molar-refractivity contribution in [2.75, 3.05) is 13.6 Å². The van der Waals surface area contributed by atoms with Crippen LogP contribution in [-0.2, 0) is 13.0 Å². The van der Waals surface area contributed by atoms with Crippen LogP contribution in [0.5, 0.6) is 11.6 Å². The van der Waals surface area contributed by atoms with Crippen molar-refractivity contribution >= 4 is 5.96 Å². The van der Waals surface area contributed by atoms with Crippen LogP contribution in [0.3, 0.4) is 0 Å². The molecule has 28 heavy (non-hydrogen) atoms. The van der Waals surface area contributed by atoms with Gasteiger partial charge in [-0.3, -0.25) is 4.99 Å². The zero-order chi connectivity index (χ0) is 19.6. The van der Waals surface area contributed by atoms with Gasteiger partial charge in [0.25, 0.3) is 0 Å². The third-order valence-corrected chi connectivity index (χ3v) is 4.07. The van der Waals surface area contributed by atoms with Crippen molar-refractivity contribution in [3.63, 3.8) is 0 Å². The van der Waals surface area contributed by atoms with Crippen LogP contribution in [0, 0.1) is 5.82 Å². The Balaban J connectivity index is 1.49. The van der Waals surface area contributed by atoms with Crippen LogP contribution >= 0.6 is 0 Å². The summed E-state index contributed by atoms with van der Waals surface area (Å²) in [5.74, 6) is 1.42. The highest BCUT2D eigenvalue weighted by Gasteiger charge is 2.03. The van der Waals surface area contributed by atoms with E-state index in [1.165, 1.54) is 17.7 Å². The maximum atomic E-state index is 13.0. The lowest BCUT2D eigenvalue weighted by Gasteiger charge is -2.12. The Hall–Kier alpha value is -3.41. The molecule has 0 bridgehead atoms. The maximum Gasteiger partial charge on any atom is 0.219 e. The van der Waals surface area contributed by atoms with E-state index in [1.54, 1.807) is 25.4 Å². The number of hydrogen-bond acceptors (Lipinski definition) is 3. The van der Waals surface area contributed by atoms with E-state index in [9.17, 15) is 4.39 Å². The molecule has 0 fully saturated rings. The van der Waals surface area contributed by atoms with E-state index in [1.807, 2.05) is 30.3 Å². The Labute approximate surface area is 164 Å². The molecule has 0 unspecified atom stereocenters. The van der Waals surface area contributed by atoms with Gasteiger partial charge in [0.1, 0.15) is 11.6 Å². The van der Waals surface area contributed by atoms with Gasteiger partial charge in [-0.2, -0.15) is 0 Å². The standard InChI is InChI=1S/C22H23FN4O/c1-24-22(26-14-11-17-5-3-2-4-6-17)27-16-18-12-13-25-21(15-18)28-20-9-7-19(23)8-10-20/h2-10,12-13,15H,11,14,16H2,1H3,(H2,24,26,27). The molecule has 2 N–H and O–H groups in total. The molecule has 3 rings (SSSR count). The first kappa shape index (κ1) is 19.4. The molecule has 2 aromatic carbocycles.